The Morgan fingerprint density at radius 1 is 0.875 bits per heavy atom. The molecular weight excluding hydrogens is 496 g/mol. The summed E-state index contributed by atoms with van der Waals surface area (Å²) in [6.45, 7) is 5.55. The van der Waals surface area contributed by atoms with Gasteiger partial charge in [-0.1, -0.05) is 79.9 Å². The van der Waals surface area contributed by atoms with Crippen LogP contribution in [-0.2, 0) is 22.4 Å². The van der Waals surface area contributed by atoms with Gasteiger partial charge in [-0.25, -0.2) is 0 Å². The normalized spacial score (nSPS) is 19.5. The lowest BCUT2D eigenvalue weighted by Crippen LogP contribution is -2.57. The van der Waals surface area contributed by atoms with Crippen LogP contribution in [0.3, 0.4) is 0 Å². The largest absolute Gasteiger partial charge is 0.343 e. The number of nitrogens with zero attached hydrogens (tertiary/aromatic N) is 2. The number of aryl methyl sites for hydroxylation is 1. The van der Waals surface area contributed by atoms with Crippen LogP contribution in [0.2, 0.25) is 0 Å². The minimum Gasteiger partial charge on any atom is -0.343 e. The van der Waals surface area contributed by atoms with Crippen molar-refractivity contribution < 1.29 is 9.59 Å². The van der Waals surface area contributed by atoms with Crippen molar-refractivity contribution in [2.24, 2.45) is 5.92 Å². The first-order valence-electron chi connectivity index (χ1n) is 15.6. The van der Waals surface area contributed by atoms with Crippen molar-refractivity contribution >= 4 is 11.8 Å². The minimum atomic E-state index is -0.417. The zero-order chi connectivity index (χ0) is 28.2. The highest BCUT2D eigenvalue weighted by Crippen LogP contribution is 2.29. The van der Waals surface area contributed by atoms with Gasteiger partial charge in [0.15, 0.2) is 0 Å². The fourth-order valence-corrected chi connectivity index (χ4v) is 6.43. The molecule has 2 N–H and O–H groups in total. The molecule has 0 spiro atoms. The van der Waals surface area contributed by atoms with Crippen molar-refractivity contribution in [2.45, 2.75) is 89.3 Å². The third-order valence-corrected chi connectivity index (χ3v) is 8.98. The molecule has 1 saturated heterocycles. The molecule has 1 aliphatic heterocycles. The van der Waals surface area contributed by atoms with E-state index in [9.17, 15) is 9.59 Å². The van der Waals surface area contributed by atoms with Crippen molar-refractivity contribution in [1.29, 1.82) is 0 Å². The summed E-state index contributed by atoms with van der Waals surface area (Å²) in [5.74, 6) is 0.293. The number of benzene rings is 2. The second-order valence-electron chi connectivity index (χ2n) is 11.8. The van der Waals surface area contributed by atoms with Crippen molar-refractivity contribution in [3.05, 3.63) is 71.8 Å². The zero-order valence-corrected chi connectivity index (χ0v) is 24.7. The van der Waals surface area contributed by atoms with E-state index < -0.39 is 6.04 Å². The molecule has 6 nitrogen and oxygen atoms in total. The van der Waals surface area contributed by atoms with E-state index in [-0.39, 0.29) is 29.8 Å². The van der Waals surface area contributed by atoms with Gasteiger partial charge in [-0.2, -0.15) is 0 Å². The molecule has 1 heterocycles. The molecule has 0 radical (unpaired) electrons. The average molecular weight is 547 g/mol. The number of nitrogens with one attached hydrogen (secondary N) is 2. The first-order valence-corrected chi connectivity index (χ1v) is 15.6. The van der Waals surface area contributed by atoms with Gasteiger partial charge in [-0.05, 0) is 82.5 Å². The first kappa shape index (κ1) is 30.3. The molecule has 218 valence electrons. The van der Waals surface area contributed by atoms with E-state index in [4.69, 9.17) is 0 Å². The molecule has 2 aromatic rings. The Hall–Kier alpha value is -2.70. The van der Waals surface area contributed by atoms with E-state index in [1.165, 1.54) is 17.5 Å². The van der Waals surface area contributed by atoms with E-state index in [0.717, 1.165) is 84.0 Å². The molecule has 2 aliphatic rings. The summed E-state index contributed by atoms with van der Waals surface area (Å²) < 4.78 is 0. The molecule has 0 bridgehead atoms. The molecule has 3 atom stereocenters. The highest BCUT2D eigenvalue weighted by molar-refractivity contribution is 5.90. The predicted octanol–water partition coefficient (Wildman–Crippen LogP) is 4.83. The molecule has 6 heteroatoms. The van der Waals surface area contributed by atoms with Crippen LogP contribution in [0.15, 0.2) is 60.7 Å². The number of hydrogen-bond donors (Lipinski definition) is 2. The van der Waals surface area contributed by atoms with Crippen LogP contribution >= 0.6 is 0 Å². The average Bonchev–Trinajstić information content (AvgIpc) is 3.47. The smallest absolute Gasteiger partial charge is 0.245 e. The quantitative estimate of drug-likeness (QED) is 0.356. The van der Waals surface area contributed by atoms with E-state index in [2.05, 4.69) is 81.1 Å². The summed E-state index contributed by atoms with van der Waals surface area (Å²) in [4.78, 5) is 31.7. The van der Waals surface area contributed by atoms with Crippen LogP contribution in [0.4, 0.5) is 0 Å². The zero-order valence-electron chi connectivity index (χ0n) is 24.7. The number of hydrogen-bond acceptors (Lipinski definition) is 4. The molecule has 2 fully saturated rings. The van der Waals surface area contributed by atoms with Crippen molar-refractivity contribution in [3.8, 4) is 0 Å². The number of amides is 2. The lowest BCUT2D eigenvalue weighted by Gasteiger charge is -2.37. The van der Waals surface area contributed by atoms with Gasteiger partial charge >= 0.3 is 0 Å². The van der Waals surface area contributed by atoms with Crippen LogP contribution in [0, 0.1) is 5.92 Å². The maximum Gasteiger partial charge on any atom is 0.245 e. The Balaban J connectivity index is 1.43. The van der Waals surface area contributed by atoms with Crippen LogP contribution < -0.4 is 10.6 Å². The number of carbonyl (C=O) groups is 2. The number of likely N-dealkylation sites (tertiary alicyclic amines) is 1. The third-order valence-electron chi connectivity index (χ3n) is 8.98. The summed E-state index contributed by atoms with van der Waals surface area (Å²) in [5, 5.41) is 6.21. The summed E-state index contributed by atoms with van der Waals surface area (Å²) in [7, 11) is 1.79. The maximum atomic E-state index is 14.1. The Morgan fingerprint density at radius 2 is 1.52 bits per heavy atom. The van der Waals surface area contributed by atoms with Gasteiger partial charge in [-0.15, -0.1) is 0 Å². The van der Waals surface area contributed by atoms with E-state index >= 15 is 0 Å². The van der Waals surface area contributed by atoms with Gasteiger partial charge in [0.05, 0.1) is 6.04 Å². The lowest BCUT2D eigenvalue weighted by molar-refractivity contribution is -0.139. The van der Waals surface area contributed by atoms with Crippen molar-refractivity contribution in [3.63, 3.8) is 0 Å². The van der Waals surface area contributed by atoms with Gasteiger partial charge in [0.2, 0.25) is 11.8 Å². The SMILES string of the molecule is CN[C@@H](C)C(=O)N[C@H](C(=O)N1CCCC1CN(CCCc1ccccc1)CCc1ccccc1)C1CCCCC1. The molecule has 0 aromatic heterocycles. The highest BCUT2D eigenvalue weighted by Gasteiger charge is 2.39. The minimum absolute atomic E-state index is 0.0763. The molecule has 4 rings (SSSR count). The number of rotatable bonds is 14. The Morgan fingerprint density at radius 3 is 2.17 bits per heavy atom. The van der Waals surface area contributed by atoms with Crippen molar-refractivity contribution in [2.75, 3.05) is 33.2 Å². The molecule has 2 aromatic carbocycles. The molecule has 1 aliphatic carbocycles. The summed E-state index contributed by atoms with van der Waals surface area (Å²) in [6, 6.07) is 20.9. The topological polar surface area (TPSA) is 64.7 Å². The van der Waals surface area contributed by atoms with Gasteiger partial charge < -0.3 is 20.4 Å². The highest BCUT2D eigenvalue weighted by atomic mass is 16.2. The van der Waals surface area contributed by atoms with E-state index in [0.29, 0.717) is 0 Å². The predicted molar refractivity (Wildman–Crippen MR) is 163 cm³/mol. The maximum absolute atomic E-state index is 14.1. The van der Waals surface area contributed by atoms with Crippen LogP contribution in [0.25, 0.3) is 0 Å². The lowest BCUT2D eigenvalue weighted by atomic mass is 9.83. The first-order chi connectivity index (χ1) is 19.5. The van der Waals surface area contributed by atoms with Gasteiger partial charge in [0, 0.05) is 25.7 Å². The third kappa shape index (κ3) is 8.90. The molecule has 2 amide bonds. The standard InChI is InChI=1S/C34H50N4O2/c1-27(35-2)33(39)36-32(30-19-10-5-11-20-30)34(40)38-24-13-21-31(38)26-37(25-22-29-16-8-4-9-17-29)23-12-18-28-14-6-3-7-15-28/h3-4,6-9,14-17,27,30-32,35H,5,10-13,18-26H2,1-2H3,(H,36,39)/t27-,31?,32-/m0/s1. The molecule has 1 unspecified atom stereocenters. The van der Waals surface area contributed by atoms with Gasteiger partial charge in [-0.3, -0.25) is 9.59 Å². The second-order valence-corrected chi connectivity index (χ2v) is 11.8. The molecule has 40 heavy (non-hydrogen) atoms. The summed E-state index contributed by atoms with van der Waals surface area (Å²) in [5.41, 5.74) is 2.73. The van der Waals surface area contributed by atoms with Crippen LogP contribution in [-0.4, -0.2) is 73.0 Å². The second kappa shape index (κ2) is 15.9. The Bertz CT molecular complexity index is 1020. The molecular formula is C34H50N4O2. The van der Waals surface area contributed by atoms with E-state index in [1.807, 2.05) is 6.92 Å². The Labute approximate surface area is 241 Å². The summed E-state index contributed by atoms with van der Waals surface area (Å²) in [6.07, 6.45) is 10.8. The number of likely N-dealkylation sites (N-methyl/N-ethyl adjacent to an activating group) is 1. The number of carbonyl (C=O) groups excluding carboxylic acids is 2. The van der Waals surface area contributed by atoms with Crippen LogP contribution in [0.5, 0.6) is 0 Å². The fraction of sp³-hybridized carbons (Fsp3) is 0.588. The molecule has 1 saturated carbocycles. The van der Waals surface area contributed by atoms with E-state index in [1.54, 1.807) is 7.05 Å². The summed E-state index contributed by atoms with van der Waals surface area (Å²) >= 11 is 0. The fourth-order valence-electron chi connectivity index (χ4n) is 6.43. The Kier molecular flexibility index (Phi) is 12.0. The van der Waals surface area contributed by atoms with Crippen molar-refractivity contribution in [1.82, 2.24) is 20.4 Å². The van der Waals surface area contributed by atoms with Crippen LogP contribution in [0.1, 0.15) is 69.4 Å². The monoisotopic (exact) mass is 546 g/mol. The van der Waals surface area contributed by atoms with Gasteiger partial charge in [0.1, 0.15) is 6.04 Å². The van der Waals surface area contributed by atoms with Gasteiger partial charge in [0.25, 0.3) is 0 Å².